The predicted molar refractivity (Wildman–Crippen MR) is 70.9 cm³/mol. The molecular weight excluding hydrogens is 266 g/mol. The van der Waals surface area contributed by atoms with Crippen molar-refractivity contribution in [1.29, 1.82) is 0 Å². The van der Waals surface area contributed by atoms with Crippen molar-refractivity contribution >= 4 is 38.9 Å². The molecule has 1 aromatic carbocycles. The number of hydrogen-bond acceptors (Lipinski definition) is 4. The fraction of sp³-hybridized carbons (Fsp3) is 0.400. The van der Waals surface area contributed by atoms with Crippen LogP contribution in [0.5, 0.6) is 0 Å². The van der Waals surface area contributed by atoms with Crippen LogP contribution >= 0.6 is 23.4 Å². The molecule has 0 aliphatic rings. The second kappa shape index (κ2) is 5.80. The highest BCUT2D eigenvalue weighted by molar-refractivity contribution is 8.00. The van der Waals surface area contributed by atoms with Crippen molar-refractivity contribution in [3.63, 3.8) is 0 Å². The van der Waals surface area contributed by atoms with E-state index in [9.17, 15) is 8.42 Å². The maximum Gasteiger partial charge on any atom is 0.150 e. The summed E-state index contributed by atoms with van der Waals surface area (Å²) in [6.07, 6.45) is 0. The van der Waals surface area contributed by atoms with E-state index in [0.717, 1.165) is 4.90 Å². The summed E-state index contributed by atoms with van der Waals surface area (Å²) in [5.74, 6) is 0.847. The Bertz CT molecular complexity index is 460. The number of halogens is 1. The quantitative estimate of drug-likeness (QED) is 0.664. The molecule has 0 unspecified atom stereocenters. The number of benzene rings is 1. The molecule has 0 bridgehead atoms. The van der Waals surface area contributed by atoms with Gasteiger partial charge in [0.15, 0.2) is 9.84 Å². The van der Waals surface area contributed by atoms with Gasteiger partial charge >= 0.3 is 0 Å². The lowest BCUT2D eigenvalue weighted by Crippen LogP contribution is -2.10. The molecular formula is C10H14ClNO2S2. The molecule has 6 heteroatoms. The zero-order valence-corrected chi connectivity index (χ0v) is 11.3. The summed E-state index contributed by atoms with van der Waals surface area (Å²) >= 11 is 7.24. The van der Waals surface area contributed by atoms with E-state index >= 15 is 0 Å². The van der Waals surface area contributed by atoms with Gasteiger partial charge in [-0.1, -0.05) is 18.5 Å². The van der Waals surface area contributed by atoms with Gasteiger partial charge in [-0.2, -0.15) is 0 Å². The Morgan fingerprint density at radius 2 is 2.12 bits per heavy atom. The summed E-state index contributed by atoms with van der Waals surface area (Å²) in [5, 5.41) is 0.607. The normalized spacial score (nSPS) is 11.6. The first-order chi connectivity index (χ1) is 7.44. The van der Waals surface area contributed by atoms with Gasteiger partial charge in [0.25, 0.3) is 0 Å². The summed E-state index contributed by atoms with van der Waals surface area (Å²) in [4.78, 5) is 0.832. The van der Waals surface area contributed by atoms with E-state index in [0.29, 0.717) is 16.5 Å². The zero-order valence-electron chi connectivity index (χ0n) is 8.94. The minimum Gasteiger partial charge on any atom is -0.398 e. The largest absolute Gasteiger partial charge is 0.398 e. The van der Waals surface area contributed by atoms with Crippen molar-refractivity contribution in [3.05, 3.63) is 23.2 Å². The lowest BCUT2D eigenvalue weighted by Gasteiger charge is -2.05. The SMILES string of the molecule is CCS(=O)(=O)CCSc1cc(Cl)ccc1N. The van der Waals surface area contributed by atoms with Crippen LogP contribution in [0.15, 0.2) is 23.1 Å². The minimum absolute atomic E-state index is 0.167. The molecule has 0 atom stereocenters. The molecule has 0 spiro atoms. The molecule has 2 N–H and O–H groups in total. The van der Waals surface area contributed by atoms with Gasteiger partial charge < -0.3 is 5.73 Å². The van der Waals surface area contributed by atoms with Gasteiger partial charge in [-0.25, -0.2) is 8.42 Å². The summed E-state index contributed by atoms with van der Waals surface area (Å²) in [7, 11) is -2.91. The van der Waals surface area contributed by atoms with Crippen molar-refractivity contribution in [2.75, 3.05) is 23.0 Å². The van der Waals surface area contributed by atoms with E-state index in [-0.39, 0.29) is 11.5 Å². The van der Waals surface area contributed by atoms with Gasteiger partial charge in [-0.15, -0.1) is 11.8 Å². The first-order valence-corrected chi connectivity index (χ1v) is 8.01. The molecule has 0 amide bonds. The maximum atomic E-state index is 11.3. The molecule has 3 nitrogen and oxygen atoms in total. The van der Waals surface area contributed by atoms with Crippen molar-refractivity contribution in [2.45, 2.75) is 11.8 Å². The fourth-order valence-electron chi connectivity index (χ4n) is 1.06. The predicted octanol–water partition coefficient (Wildman–Crippen LogP) is 2.45. The van der Waals surface area contributed by atoms with Crippen LogP contribution in [0, 0.1) is 0 Å². The second-order valence-corrected chi connectivity index (χ2v) is 7.31. The van der Waals surface area contributed by atoms with E-state index in [1.54, 1.807) is 25.1 Å². The average molecular weight is 280 g/mol. The van der Waals surface area contributed by atoms with Gasteiger partial charge in [0, 0.05) is 27.1 Å². The Balaban J connectivity index is 2.59. The third-order valence-corrected chi connectivity index (χ3v) is 5.34. The van der Waals surface area contributed by atoms with E-state index in [1.807, 2.05) is 0 Å². The summed E-state index contributed by atoms with van der Waals surface area (Å²) in [6.45, 7) is 1.65. The highest BCUT2D eigenvalue weighted by Crippen LogP contribution is 2.28. The van der Waals surface area contributed by atoms with E-state index in [2.05, 4.69) is 0 Å². The standard InChI is InChI=1S/C10H14ClNO2S2/c1-2-16(13,14)6-5-15-10-7-8(11)3-4-9(10)12/h3-4,7H,2,5-6,12H2,1H3. The Hall–Kier alpha value is -0.390. The van der Waals surface area contributed by atoms with Crippen molar-refractivity contribution in [1.82, 2.24) is 0 Å². The van der Waals surface area contributed by atoms with Crippen molar-refractivity contribution < 1.29 is 8.42 Å². The van der Waals surface area contributed by atoms with Crippen LogP contribution in [0.4, 0.5) is 5.69 Å². The Morgan fingerprint density at radius 1 is 1.44 bits per heavy atom. The molecule has 0 saturated heterocycles. The molecule has 0 radical (unpaired) electrons. The molecule has 0 aliphatic carbocycles. The second-order valence-electron chi connectivity index (χ2n) is 3.27. The number of anilines is 1. The Morgan fingerprint density at radius 3 is 2.75 bits per heavy atom. The van der Waals surface area contributed by atoms with Gasteiger partial charge in [0.05, 0.1) is 5.75 Å². The van der Waals surface area contributed by atoms with Crippen molar-refractivity contribution in [3.8, 4) is 0 Å². The fourth-order valence-corrected chi connectivity index (χ4v) is 3.60. The van der Waals surface area contributed by atoms with Gasteiger partial charge in [-0.3, -0.25) is 0 Å². The smallest absolute Gasteiger partial charge is 0.150 e. The van der Waals surface area contributed by atoms with E-state index < -0.39 is 9.84 Å². The maximum absolute atomic E-state index is 11.3. The molecule has 90 valence electrons. The van der Waals surface area contributed by atoms with E-state index in [4.69, 9.17) is 17.3 Å². The molecule has 1 rings (SSSR count). The Labute approximate surface area is 105 Å². The van der Waals surface area contributed by atoms with Crippen molar-refractivity contribution in [2.24, 2.45) is 0 Å². The average Bonchev–Trinajstić information content (AvgIpc) is 2.23. The number of nitrogens with two attached hydrogens (primary N) is 1. The van der Waals surface area contributed by atoms with Crippen LogP contribution in [0.25, 0.3) is 0 Å². The summed E-state index contributed by atoms with van der Waals surface area (Å²) in [5.41, 5.74) is 6.37. The molecule has 0 heterocycles. The lowest BCUT2D eigenvalue weighted by molar-refractivity contribution is 0.599. The minimum atomic E-state index is -2.91. The molecule has 1 aromatic rings. The Kier molecular flexibility index (Phi) is 4.95. The molecule has 0 saturated carbocycles. The monoisotopic (exact) mass is 279 g/mol. The molecule has 0 fully saturated rings. The van der Waals surface area contributed by atoms with Crippen LogP contribution in [0.2, 0.25) is 5.02 Å². The van der Waals surface area contributed by atoms with E-state index in [1.165, 1.54) is 11.8 Å². The summed E-state index contributed by atoms with van der Waals surface area (Å²) < 4.78 is 22.5. The third kappa shape index (κ3) is 4.23. The van der Waals surface area contributed by atoms with Crippen LogP contribution in [0.3, 0.4) is 0 Å². The highest BCUT2D eigenvalue weighted by atomic mass is 35.5. The molecule has 0 aromatic heterocycles. The lowest BCUT2D eigenvalue weighted by atomic mass is 10.3. The number of rotatable bonds is 5. The third-order valence-electron chi connectivity index (χ3n) is 2.07. The number of sulfone groups is 1. The summed E-state index contributed by atoms with van der Waals surface area (Å²) in [6, 6.07) is 5.18. The molecule has 0 aliphatic heterocycles. The van der Waals surface area contributed by atoms with Gasteiger partial charge in [0.1, 0.15) is 0 Å². The number of hydrogen-bond donors (Lipinski definition) is 1. The number of nitrogen functional groups attached to an aromatic ring is 1. The first kappa shape index (κ1) is 13.7. The van der Waals surface area contributed by atoms with Gasteiger partial charge in [0.2, 0.25) is 0 Å². The highest BCUT2D eigenvalue weighted by Gasteiger charge is 2.08. The van der Waals surface area contributed by atoms with Gasteiger partial charge in [-0.05, 0) is 18.2 Å². The first-order valence-electron chi connectivity index (χ1n) is 4.83. The van der Waals surface area contributed by atoms with Crippen LogP contribution in [-0.4, -0.2) is 25.7 Å². The van der Waals surface area contributed by atoms with Crippen LogP contribution < -0.4 is 5.73 Å². The van der Waals surface area contributed by atoms with Crippen LogP contribution in [-0.2, 0) is 9.84 Å². The topological polar surface area (TPSA) is 60.2 Å². The molecule has 16 heavy (non-hydrogen) atoms. The zero-order chi connectivity index (χ0) is 12.2. The van der Waals surface area contributed by atoms with Crippen LogP contribution in [0.1, 0.15) is 6.92 Å². The number of thioether (sulfide) groups is 1.